The van der Waals surface area contributed by atoms with Crippen LogP contribution in [0.2, 0.25) is 0 Å². The lowest BCUT2D eigenvalue weighted by atomic mass is 9.92. The van der Waals surface area contributed by atoms with Crippen LogP contribution in [0.25, 0.3) is 0 Å². The fourth-order valence-corrected chi connectivity index (χ4v) is 1.38. The van der Waals surface area contributed by atoms with E-state index in [1.54, 1.807) is 7.11 Å². The summed E-state index contributed by atoms with van der Waals surface area (Å²) in [5.41, 5.74) is -0.318. The van der Waals surface area contributed by atoms with Gasteiger partial charge in [-0.2, -0.15) is 0 Å². The topological polar surface area (TPSA) is 29.5 Å². The number of methoxy groups -OCH3 is 1. The quantitative estimate of drug-likeness (QED) is 0.673. The minimum atomic E-state index is -0.318. The van der Waals surface area contributed by atoms with E-state index in [2.05, 4.69) is 6.92 Å². The lowest BCUT2D eigenvalue weighted by molar-refractivity contribution is -0.100. The van der Waals surface area contributed by atoms with Gasteiger partial charge in [-0.25, -0.2) is 0 Å². The van der Waals surface area contributed by atoms with Crippen molar-refractivity contribution in [3.8, 4) is 0 Å². The van der Waals surface area contributed by atoms with Crippen molar-refractivity contribution in [2.75, 3.05) is 7.11 Å². The second-order valence-electron chi connectivity index (χ2n) is 3.65. The molecule has 1 rings (SSSR count). The summed E-state index contributed by atoms with van der Waals surface area (Å²) in [4.78, 5) is 0. The van der Waals surface area contributed by atoms with Crippen LogP contribution in [0.3, 0.4) is 0 Å². The Hall–Kier alpha value is -0.0800. The van der Waals surface area contributed by atoms with Crippen LogP contribution < -0.4 is 0 Å². The predicted octanol–water partition coefficient (Wildman–Crippen LogP) is 1.57. The average Bonchev–Trinajstić information content (AvgIpc) is 2.84. The fourth-order valence-electron chi connectivity index (χ4n) is 1.38. The molecule has 0 amide bonds. The molecular weight excluding hydrogens is 140 g/mol. The summed E-state index contributed by atoms with van der Waals surface area (Å²) in [5.74, 6) is 0.500. The Kier molecular flexibility index (Phi) is 2.55. The van der Waals surface area contributed by atoms with Crippen LogP contribution >= 0.6 is 0 Å². The molecule has 0 spiro atoms. The highest BCUT2D eigenvalue weighted by atomic mass is 16.5. The first-order valence-corrected chi connectivity index (χ1v) is 4.37. The molecule has 1 fully saturated rings. The van der Waals surface area contributed by atoms with Crippen LogP contribution in [0.5, 0.6) is 0 Å². The Labute approximate surface area is 68.6 Å². The van der Waals surface area contributed by atoms with Crippen LogP contribution in [-0.4, -0.2) is 23.9 Å². The van der Waals surface area contributed by atoms with E-state index >= 15 is 0 Å². The smallest absolute Gasteiger partial charge is 0.0908 e. The maximum Gasteiger partial charge on any atom is 0.0908 e. The molecule has 0 aromatic heterocycles. The van der Waals surface area contributed by atoms with E-state index in [9.17, 15) is 5.11 Å². The summed E-state index contributed by atoms with van der Waals surface area (Å²) in [6.07, 6.45) is 2.94. The first-order valence-electron chi connectivity index (χ1n) is 4.37. The van der Waals surface area contributed by atoms with Gasteiger partial charge in [-0.15, -0.1) is 0 Å². The molecule has 0 radical (unpaired) electrons. The number of aliphatic hydroxyl groups is 1. The van der Waals surface area contributed by atoms with Crippen LogP contribution in [0.4, 0.5) is 0 Å². The maximum absolute atomic E-state index is 9.78. The SMILES string of the molecule is CCC(C)(OC)C(O)C1CC1. The van der Waals surface area contributed by atoms with E-state index in [1.165, 1.54) is 12.8 Å². The Morgan fingerprint density at radius 3 is 2.45 bits per heavy atom. The Morgan fingerprint density at radius 1 is 1.64 bits per heavy atom. The van der Waals surface area contributed by atoms with Crippen LogP contribution in [0, 0.1) is 5.92 Å². The predicted molar refractivity (Wildman–Crippen MR) is 44.4 cm³/mol. The number of hydrogen-bond acceptors (Lipinski definition) is 2. The zero-order valence-corrected chi connectivity index (χ0v) is 7.63. The van der Waals surface area contributed by atoms with Crippen LogP contribution in [0.1, 0.15) is 33.1 Å². The average molecular weight is 158 g/mol. The van der Waals surface area contributed by atoms with E-state index in [1.807, 2.05) is 6.92 Å². The van der Waals surface area contributed by atoms with Crippen LogP contribution in [0.15, 0.2) is 0 Å². The molecule has 0 aromatic rings. The zero-order valence-electron chi connectivity index (χ0n) is 7.63. The minimum absolute atomic E-state index is 0.266. The van der Waals surface area contributed by atoms with E-state index in [4.69, 9.17) is 4.74 Å². The largest absolute Gasteiger partial charge is 0.390 e. The summed E-state index contributed by atoms with van der Waals surface area (Å²) < 4.78 is 5.30. The fraction of sp³-hybridized carbons (Fsp3) is 1.00. The van der Waals surface area contributed by atoms with E-state index in [-0.39, 0.29) is 11.7 Å². The molecule has 1 N–H and O–H groups in total. The summed E-state index contributed by atoms with van der Waals surface area (Å²) in [6, 6.07) is 0. The van der Waals surface area contributed by atoms with E-state index in [0.717, 1.165) is 6.42 Å². The van der Waals surface area contributed by atoms with Gasteiger partial charge < -0.3 is 9.84 Å². The summed E-state index contributed by atoms with van der Waals surface area (Å²) in [6.45, 7) is 4.03. The van der Waals surface area contributed by atoms with Gasteiger partial charge >= 0.3 is 0 Å². The van der Waals surface area contributed by atoms with Crippen molar-refractivity contribution in [2.24, 2.45) is 5.92 Å². The molecular formula is C9H18O2. The Balaban J connectivity index is 2.51. The van der Waals surface area contributed by atoms with Gasteiger partial charge in [0.2, 0.25) is 0 Å². The van der Waals surface area contributed by atoms with Crippen molar-refractivity contribution in [1.82, 2.24) is 0 Å². The molecule has 0 saturated heterocycles. The molecule has 2 atom stereocenters. The molecule has 66 valence electrons. The molecule has 0 heterocycles. The van der Waals surface area contributed by atoms with Crippen molar-refractivity contribution in [2.45, 2.75) is 44.8 Å². The lowest BCUT2D eigenvalue weighted by Gasteiger charge is -2.32. The van der Waals surface area contributed by atoms with Crippen molar-refractivity contribution < 1.29 is 9.84 Å². The second-order valence-corrected chi connectivity index (χ2v) is 3.65. The van der Waals surface area contributed by atoms with Crippen LogP contribution in [-0.2, 0) is 4.74 Å². The molecule has 11 heavy (non-hydrogen) atoms. The first-order chi connectivity index (χ1) is 5.14. The second kappa shape index (κ2) is 3.11. The number of hydrogen-bond donors (Lipinski definition) is 1. The van der Waals surface area contributed by atoms with Crippen molar-refractivity contribution in [1.29, 1.82) is 0 Å². The third-order valence-corrected chi connectivity index (χ3v) is 2.86. The molecule has 2 unspecified atom stereocenters. The van der Waals surface area contributed by atoms with Crippen molar-refractivity contribution in [3.05, 3.63) is 0 Å². The van der Waals surface area contributed by atoms with E-state index < -0.39 is 0 Å². The molecule has 1 saturated carbocycles. The standard InChI is InChI=1S/C9H18O2/c1-4-9(2,11-3)8(10)7-5-6-7/h7-8,10H,4-6H2,1-3H3. The summed E-state index contributed by atoms with van der Waals surface area (Å²) in [7, 11) is 1.68. The molecule has 0 aliphatic heterocycles. The highest BCUT2D eigenvalue weighted by Gasteiger charge is 2.41. The van der Waals surface area contributed by atoms with Gasteiger partial charge in [0.15, 0.2) is 0 Å². The monoisotopic (exact) mass is 158 g/mol. The third kappa shape index (κ3) is 1.74. The Bertz CT molecular complexity index is 126. The first kappa shape index (κ1) is 9.01. The van der Waals surface area contributed by atoms with E-state index in [0.29, 0.717) is 5.92 Å². The van der Waals surface area contributed by atoms with Gasteiger partial charge in [0.1, 0.15) is 0 Å². The highest BCUT2D eigenvalue weighted by molar-refractivity contribution is 4.93. The highest BCUT2D eigenvalue weighted by Crippen LogP contribution is 2.39. The van der Waals surface area contributed by atoms with Gasteiger partial charge in [-0.05, 0) is 32.1 Å². The van der Waals surface area contributed by atoms with Gasteiger partial charge in [0.25, 0.3) is 0 Å². The summed E-state index contributed by atoms with van der Waals surface area (Å²) >= 11 is 0. The molecule has 0 aromatic carbocycles. The van der Waals surface area contributed by atoms with Gasteiger partial charge in [0, 0.05) is 7.11 Å². The number of ether oxygens (including phenoxy) is 1. The van der Waals surface area contributed by atoms with Gasteiger partial charge in [0.05, 0.1) is 11.7 Å². The molecule has 2 heteroatoms. The van der Waals surface area contributed by atoms with Gasteiger partial charge in [-0.3, -0.25) is 0 Å². The maximum atomic E-state index is 9.78. The number of aliphatic hydroxyl groups excluding tert-OH is 1. The van der Waals surface area contributed by atoms with Crippen molar-refractivity contribution >= 4 is 0 Å². The molecule has 1 aliphatic carbocycles. The minimum Gasteiger partial charge on any atom is -0.390 e. The normalized spacial score (nSPS) is 26.2. The Morgan fingerprint density at radius 2 is 2.18 bits per heavy atom. The van der Waals surface area contributed by atoms with Gasteiger partial charge in [-0.1, -0.05) is 6.92 Å². The lowest BCUT2D eigenvalue weighted by Crippen LogP contribution is -2.41. The zero-order chi connectivity index (χ0) is 8.48. The van der Waals surface area contributed by atoms with Crippen molar-refractivity contribution in [3.63, 3.8) is 0 Å². The summed E-state index contributed by atoms with van der Waals surface area (Å²) in [5, 5.41) is 9.78. The number of rotatable bonds is 4. The molecule has 0 bridgehead atoms. The third-order valence-electron chi connectivity index (χ3n) is 2.86. The molecule has 1 aliphatic rings. The molecule has 2 nitrogen and oxygen atoms in total.